The summed E-state index contributed by atoms with van der Waals surface area (Å²) in [5.41, 5.74) is 3.24. The van der Waals surface area contributed by atoms with E-state index in [0.29, 0.717) is 33.5 Å². The average molecular weight is 597 g/mol. The second-order valence-electron chi connectivity index (χ2n) is 10.5. The molecule has 0 saturated carbocycles. The Bertz CT molecular complexity index is 1790. The fourth-order valence-electron chi connectivity index (χ4n) is 5.37. The van der Waals surface area contributed by atoms with Gasteiger partial charge in [0, 0.05) is 42.5 Å². The Morgan fingerprint density at radius 1 is 1.17 bits per heavy atom. The van der Waals surface area contributed by atoms with E-state index in [0.717, 1.165) is 6.07 Å². The SMILES string of the molecule is Cc1c(N2CCC(F)(F)CC2)oc2c(C(C)Nc3ccc(Cl)nc3-c3ccc4c(c3)C=NOB4O)cc(F)cc2c1=O. The Balaban J connectivity index is 1.40. The van der Waals surface area contributed by atoms with Gasteiger partial charge >= 0.3 is 7.12 Å². The zero-order valence-electron chi connectivity index (χ0n) is 22.6. The van der Waals surface area contributed by atoms with E-state index in [-0.39, 0.29) is 53.5 Å². The van der Waals surface area contributed by atoms with Crippen LogP contribution in [0.2, 0.25) is 5.15 Å². The molecule has 1 unspecified atom stereocenters. The van der Waals surface area contributed by atoms with Gasteiger partial charge in [0.2, 0.25) is 5.88 Å². The number of hydrogen-bond donors (Lipinski definition) is 2. The van der Waals surface area contributed by atoms with Gasteiger partial charge in [0.25, 0.3) is 5.92 Å². The largest absolute Gasteiger partial charge is 0.583 e. The van der Waals surface area contributed by atoms with Gasteiger partial charge in [0.15, 0.2) is 5.43 Å². The highest BCUT2D eigenvalue weighted by atomic mass is 35.5. The summed E-state index contributed by atoms with van der Waals surface area (Å²) in [5, 5.41) is 17.4. The molecule has 0 aliphatic carbocycles. The third-order valence-corrected chi connectivity index (χ3v) is 7.86. The second-order valence-corrected chi connectivity index (χ2v) is 10.9. The maximum atomic E-state index is 14.9. The minimum Gasteiger partial charge on any atom is -0.440 e. The number of oxime groups is 1. The molecule has 1 atom stereocenters. The molecule has 13 heteroatoms. The third kappa shape index (κ3) is 5.20. The van der Waals surface area contributed by atoms with Gasteiger partial charge in [-0.3, -0.25) is 4.79 Å². The highest BCUT2D eigenvalue weighted by Gasteiger charge is 2.36. The van der Waals surface area contributed by atoms with Crippen molar-refractivity contribution in [1.29, 1.82) is 0 Å². The number of aromatic nitrogens is 1. The molecule has 0 spiro atoms. The van der Waals surface area contributed by atoms with Gasteiger partial charge < -0.3 is 24.4 Å². The van der Waals surface area contributed by atoms with E-state index in [1.807, 2.05) is 0 Å². The fraction of sp³-hybridized carbons (Fsp3) is 0.276. The molecule has 4 aromatic rings. The maximum Gasteiger partial charge on any atom is 0.583 e. The fourth-order valence-corrected chi connectivity index (χ4v) is 5.52. The highest BCUT2D eigenvalue weighted by molar-refractivity contribution is 6.62. The van der Waals surface area contributed by atoms with Crippen LogP contribution >= 0.6 is 11.6 Å². The monoisotopic (exact) mass is 596 g/mol. The van der Waals surface area contributed by atoms with Gasteiger partial charge in [0.05, 0.1) is 34.6 Å². The number of rotatable bonds is 5. The lowest BCUT2D eigenvalue weighted by Crippen LogP contribution is -2.40. The number of halogens is 4. The van der Waals surface area contributed by atoms with Crippen LogP contribution in [0, 0.1) is 12.7 Å². The van der Waals surface area contributed by atoms with Crippen LogP contribution in [0.3, 0.4) is 0 Å². The van der Waals surface area contributed by atoms with Gasteiger partial charge in [-0.15, -0.1) is 5.16 Å². The second kappa shape index (κ2) is 10.7. The normalized spacial score (nSPS) is 16.7. The predicted molar refractivity (Wildman–Crippen MR) is 157 cm³/mol. The van der Waals surface area contributed by atoms with Crippen molar-refractivity contribution in [3.63, 3.8) is 0 Å². The van der Waals surface area contributed by atoms with Crippen molar-refractivity contribution in [2.75, 3.05) is 23.3 Å². The van der Waals surface area contributed by atoms with Gasteiger partial charge in [-0.1, -0.05) is 23.7 Å². The number of pyridine rings is 1. The van der Waals surface area contributed by atoms with Crippen molar-refractivity contribution in [3.8, 4) is 11.3 Å². The summed E-state index contributed by atoms with van der Waals surface area (Å²) < 4.78 is 53.6. The number of piperidine rings is 1. The number of alkyl halides is 2. The van der Waals surface area contributed by atoms with Crippen molar-refractivity contribution in [2.45, 2.75) is 38.7 Å². The van der Waals surface area contributed by atoms with Gasteiger partial charge in [0.1, 0.15) is 16.6 Å². The lowest BCUT2D eigenvalue weighted by Gasteiger charge is -2.33. The molecule has 216 valence electrons. The van der Waals surface area contributed by atoms with Crippen LogP contribution in [-0.2, 0) is 4.76 Å². The van der Waals surface area contributed by atoms with Gasteiger partial charge in [-0.05, 0) is 49.7 Å². The molecule has 0 radical (unpaired) electrons. The van der Waals surface area contributed by atoms with E-state index < -0.39 is 30.3 Å². The van der Waals surface area contributed by atoms with Crippen LogP contribution < -0.4 is 21.1 Å². The summed E-state index contributed by atoms with van der Waals surface area (Å²) >= 11 is 6.25. The molecular weight excluding hydrogens is 572 g/mol. The number of anilines is 2. The Morgan fingerprint density at radius 3 is 2.69 bits per heavy atom. The summed E-state index contributed by atoms with van der Waals surface area (Å²) in [6, 6.07) is 10.4. The Hall–Kier alpha value is -4.03. The molecule has 2 aliphatic heterocycles. The van der Waals surface area contributed by atoms with Gasteiger partial charge in [-0.25, -0.2) is 18.2 Å². The summed E-state index contributed by atoms with van der Waals surface area (Å²) in [4.78, 5) is 19.5. The standard InChI is InChI=1S/C29H25BClF3N4O4/c1-15-26(39)21-13-19(32)12-20(27(21)41-28(15)38-9-7-29(33,34)8-10-38)16(2)36-23-5-6-24(31)37-25(23)17-3-4-22-18(11-17)14-35-42-30(22)40/h3-6,11-14,16,36,40H,7-10H2,1-2H3. The van der Waals surface area contributed by atoms with Crippen LogP contribution in [0.4, 0.5) is 24.7 Å². The first-order valence-electron chi connectivity index (χ1n) is 13.3. The Morgan fingerprint density at radius 2 is 1.93 bits per heavy atom. The lowest BCUT2D eigenvalue weighted by molar-refractivity contribution is -0.0225. The number of hydrogen-bond acceptors (Lipinski definition) is 8. The first-order chi connectivity index (χ1) is 20.0. The molecule has 0 amide bonds. The molecule has 2 aliphatic rings. The summed E-state index contributed by atoms with van der Waals surface area (Å²) in [6.07, 6.45) is 0.778. The quantitative estimate of drug-likeness (QED) is 0.235. The van der Waals surface area contributed by atoms with Crippen molar-refractivity contribution in [1.82, 2.24) is 4.98 Å². The Kier molecular flexibility index (Phi) is 7.14. The minimum absolute atomic E-state index is 0.0288. The van der Waals surface area contributed by atoms with Crippen molar-refractivity contribution < 1.29 is 27.4 Å². The minimum atomic E-state index is -2.77. The smallest absolute Gasteiger partial charge is 0.440 e. The van der Waals surface area contributed by atoms with Crippen molar-refractivity contribution in [3.05, 3.63) is 80.3 Å². The number of nitrogens with zero attached hydrogens (tertiary/aromatic N) is 3. The third-order valence-electron chi connectivity index (χ3n) is 7.65. The molecule has 2 aromatic heterocycles. The highest BCUT2D eigenvalue weighted by Crippen LogP contribution is 2.36. The zero-order chi connectivity index (χ0) is 29.8. The molecule has 42 heavy (non-hydrogen) atoms. The molecule has 6 rings (SSSR count). The molecule has 0 bridgehead atoms. The van der Waals surface area contributed by atoms with E-state index in [2.05, 4.69) is 15.5 Å². The summed E-state index contributed by atoms with van der Waals surface area (Å²) in [6.45, 7) is 3.39. The van der Waals surface area contributed by atoms with Crippen molar-refractivity contribution in [2.24, 2.45) is 5.16 Å². The molecule has 2 aromatic carbocycles. The summed E-state index contributed by atoms with van der Waals surface area (Å²) in [7, 11) is -1.19. The predicted octanol–water partition coefficient (Wildman–Crippen LogP) is 5.42. The van der Waals surface area contributed by atoms with E-state index >= 15 is 0 Å². The van der Waals surface area contributed by atoms with E-state index in [1.165, 1.54) is 12.3 Å². The first kappa shape index (κ1) is 28.1. The first-order valence-corrected chi connectivity index (χ1v) is 13.7. The van der Waals surface area contributed by atoms with Crippen LogP contribution in [-0.4, -0.2) is 42.4 Å². The zero-order valence-corrected chi connectivity index (χ0v) is 23.4. The molecule has 4 heterocycles. The Labute approximate surface area is 243 Å². The van der Waals surface area contributed by atoms with Gasteiger partial charge in [-0.2, -0.15) is 0 Å². The van der Waals surface area contributed by atoms with Crippen molar-refractivity contribution >= 4 is 52.9 Å². The van der Waals surface area contributed by atoms with E-state index in [9.17, 15) is 23.0 Å². The van der Waals surface area contributed by atoms with Crippen LogP contribution in [0.25, 0.3) is 22.2 Å². The average Bonchev–Trinajstić information content (AvgIpc) is 2.96. The van der Waals surface area contributed by atoms with Crippen LogP contribution in [0.1, 0.15) is 42.5 Å². The molecular formula is C29H25BClF3N4O4. The molecule has 8 nitrogen and oxygen atoms in total. The number of fused-ring (bicyclic) bond motifs is 2. The van der Waals surface area contributed by atoms with Crippen LogP contribution in [0.5, 0.6) is 0 Å². The number of benzene rings is 2. The van der Waals surface area contributed by atoms with Crippen LogP contribution in [0.15, 0.2) is 56.8 Å². The molecule has 2 N–H and O–H groups in total. The lowest BCUT2D eigenvalue weighted by atomic mass is 9.75. The summed E-state index contributed by atoms with van der Waals surface area (Å²) in [5.74, 6) is -3.18. The topological polar surface area (TPSA) is 100 Å². The number of nitrogens with one attached hydrogen (secondary N) is 1. The van der Waals surface area contributed by atoms with E-state index in [1.54, 1.807) is 49.1 Å². The maximum absolute atomic E-state index is 14.9. The van der Waals surface area contributed by atoms with E-state index in [4.69, 9.17) is 20.8 Å². The molecule has 1 fully saturated rings. The molecule has 1 saturated heterocycles.